The van der Waals surface area contributed by atoms with E-state index in [1.54, 1.807) is 7.11 Å². The van der Waals surface area contributed by atoms with Crippen molar-refractivity contribution in [2.75, 3.05) is 7.11 Å². The van der Waals surface area contributed by atoms with Gasteiger partial charge < -0.3 is 9.72 Å². The molecule has 98 valence electrons. The van der Waals surface area contributed by atoms with Crippen LogP contribution >= 0.6 is 0 Å². The van der Waals surface area contributed by atoms with Crippen LogP contribution in [-0.4, -0.2) is 26.9 Å². The van der Waals surface area contributed by atoms with Crippen LogP contribution in [0.1, 0.15) is 12.6 Å². The average Bonchev–Trinajstić information content (AvgIpc) is 3.00. The predicted octanol–water partition coefficient (Wildman–Crippen LogP) is 2.53. The Labute approximate surface area is 111 Å². The number of hydrogen-bond acceptors (Lipinski definition) is 3. The number of H-pyrrole nitrogens is 1. The van der Waals surface area contributed by atoms with Crippen molar-refractivity contribution in [1.29, 1.82) is 0 Å². The highest BCUT2D eigenvalue weighted by molar-refractivity contribution is 5.81. The number of ether oxygens (including phenoxy) is 1. The van der Waals surface area contributed by atoms with Gasteiger partial charge in [0.2, 0.25) is 0 Å². The number of aromatic amines is 1. The molecule has 1 N–H and O–H groups in total. The summed E-state index contributed by atoms with van der Waals surface area (Å²) in [5.74, 6) is 1.68. The van der Waals surface area contributed by atoms with Crippen LogP contribution in [0.2, 0.25) is 0 Å². The van der Waals surface area contributed by atoms with E-state index in [1.165, 1.54) is 0 Å². The van der Waals surface area contributed by atoms with Crippen molar-refractivity contribution in [1.82, 2.24) is 19.7 Å². The van der Waals surface area contributed by atoms with E-state index in [-0.39, 0.29) is 0 Å². The van der Waals surface area contributed by atoms with Gasteiger partial charge in [0.15, 0.2) is 0 Å². The molecule has 0 saturated heterocycles. The van der Waals surface area contributed by atoms with Gasteiger partial charge in [-0.05, 0) is 18.6 Å². The van der Waals surface area contributed by atoms with Crippen LogP contribution in [0, 0.1) is 0 Å². The monoisotopic (exact) mass is 256 g/mol. The number of nitrogens with zero attached hydrogens (tertiary/aromatic N) is 3. The first-order valence-electron chi connectivity index (χ1n) is 6.28. The molecule has 0 aliphatic heterocycles. The molecule has 3 rings (SSSR count). The van der Waals surface area contributed by atoms with Gasteiger partial charge in [0.25, 0.3) is 0 Å². The van der Waals surface area contributed by atoms with E-state index in [1.807, 2.05) is 36.1 Å². The molecule has 3 aromatic rings. The van der Waals surface area contributed by atoms with Gasteiger partial charge in [0, 0.05) is 19.3 Å². The van der Waals surface area contributed by atoms with E-state index >= 15 is 0 Å². The summed E-state index contributed by atoms with van der Waals surface area (Å²) in [6.45, 7) is 2.09. The molecule has 0 atom stereocenters. The minimum Gasteiger partial charge on any atom is -0.497 e. The molecular formula is C14H16N4O. The normalized spacial score (nSPS) is 11.1. The molecule has 0 spiro atoms. The lowest BCUT2D eigenvalue weighted by Crippen LogP contribution is -1.89. The van der Waals surface area contributed by atoms with E-state index in [9.17, 15) is 0 Å². The molecule has 5 nitrogen and oxygen atoms in total. The van der Waals surface area contributed by atoms with Crippen LogP contribution in [-0.2, 0) is 13.5 Å². The number of benzene rings is 1. The van der Waals surface area contributed by atoms with Crippen molar-refractivity contribution in [2.24, 2.45) is 7.05 Å². The standard InChI is InChI=1S/C14H16N4O/c1-4-11-10(8-18(2)17-11)14-15-12-6-5-9(19-3)7-13(12)16-14/h5-8H,4H2,1-3H3,(H,15,16). The number of imidazole rings is 1. The molecule has 1 aromatic carbocycles. The summed E-state index contributed by atoms with van der Waals surface area (Å²) in [5, 5.41) is 4.44. The van der Waals surface area contributed by atoms with Crippen LogP contribution in [0.5, 0.6) is 5.75 Å². The summed E-state index contributed by atoms with van der Waals surface area (Å²) in [4.78, 5) is 7.95. The Bertz CT molecular complexity index is 726. The molecule has 19 heavy (non-hydrogen) atoms. The Morgan fingerprint density at radius 1 is 1.37 bits per heavy atom. The van der Waals surface area contributed by atoms with Gasteiger partial charge >= 0.3 is 0 Å². The van der Waals surface area contributed by atoms with E-state index in [2.05, 4.69) is 22.0 Å². The zero-order chi connectivity index (χ0) is 13.4. The van der Waals surface area contributed by atoms with Gasteiger partial charge in [-0.3, -0.25) is 4.68 Å². The van der Waals surface area contributed by atoms with Crippen LogP contribution in [0.3, 0.4) is 0 Å². The van der Waals surface area contributed by atoms with Crippen LogP contribution in [0.4, 0.5) is 0 Å². The van der Waals surface area contributed by atoms with Crippen LogP contribution in [0.15, 0.2) is 24.4 Å². The number of fused-ring (bicyclic) bond motifs is 1. The first-order chi connectivity index (χ1) is 9.21. The molecule has 0 fully saturated rings. The lowest BCUT2D eigenvalue weighted by atomic mass is 10.2. The molecule has 0 aliphatic rings. The summed E-state index contributed by atoms with van der Waals surface area (Å²) >= 11 is 0. The number of hydrogen-bond donors (Lipinski definition) is 1. The Balaban J connectivity index is 2.14. The number of methoxy groups -OCH3 is 1. The summed E-state index contributed by atoms with van der Waals surface area (Å²) < 4.78 is 7.04. The second kappa shape index (κ2) is 4.42. The third kappa shape index (κ3) is 1.97. The van der Waals surface area contributed by atoms with E-state index in [4.69, 9.17) is 4.74 Å². The number of nitrogens with one attached hydrogen (secondary N) is 1. The molecular weight excluding hydrogens is 240 g/mol. The van der Waals surface area contributed by atoms with E-state index in [0.717, 1.165) is 40.3 Å². The van der Waals surface area contributed by atoms with Crippen molar-refractivity contribution in [2.45, 2.75) is 13.3 Å². The highest BCUT2D eigenvalue weighted by Crippen LogP contribution is 2.25. The molecule has 0 unspecified atom stereocenters. The molecule has 0 saturated carbocycles. The Morgan fingerprint density at radius 2 is 2.21 bits per heavy atom. The molecule has 0 aliphatic carbocycles. The van der Waals surface area contributed by atoms with Gasteiger partial charge in [0.1, 0.15) is 11.6 Å². The maximum atomic E-state index is 5.22. The summed E-state index contributed by atoms with van der Waals surface area (Å²) in [6, 6.07) is 5.82. The lowest BCUT2D eigenvalue weighted by Gasteiger charge is -1.96. The molecule has 2 aromatic heterocycles. The lowest BCUT2D eigenvalue weighted by molar-refractivity contribution is 0.415. The zero-order valence-electron chi connectivity index (χ0n) is 11.3. The quantitative estimate of drug-likeness (QED) is 0.783. The molecule has 0 radical (unpaired) electrons. The second-order valence-corrected chi connectivity index (χ2v) is 4.49. The highest BCUT2D eigenvalue weighted by Gasteiger charge is 2.12. The fourth-order valence-corrected chi connectivity index (χ4v) is 2.24. The van der Waals surface area contributed by atoms with Crippen molar-refractivity contribution in [3.63, 3.8) is 0 Å². The minimum atomic E-state index is 0.824. The van der Waals surface area contributed by atoms with Crippen LogP contribution < -0.4 is 4.74 Å². The SMILES string of the molecule is CCc1nn(C)cc1-c1nc2ccc(OC)cc2[nH]1. The fourth-order valence-electron chi connectivity index (χ4n) is 2.24. The summed E-state index contributed by atoms with van der Waals surface area (Å²) in [6.07, 6.45) is 2.88. The second-order valence-electron chi connectivity index (χ2n) is 4.49. The predicted molar refractivity (Wildman–Crippen MR) is 74.2 cm³/mol. The van der Waals surface area contributed by atoms with Crippen molar-refractivity contribution < 1.29 is 4.74 Å². The first-order valence-corrected chi connectivity index (χ1v) is 6.28. The Hall–Kier alpha value is -2.30. The topological polar surface area (TPSA) is 55.7 Å². The Morgan fingerprint density at radius 3 is 2.95 bits per heavy atom. The first kappa shape index (κ1) is 11.8. The Kier molecular flexibility index (Phi) is 2.74. The minimum absolute atomic E-state index is 0.824. The molecule has 0 bridgehead atoms. The van der Waals surface area contributed by atoms with Gasteiger partial charge in [-0.2, -0.15) is 5.10 Å². The van der Waals surface area contributed by atoms with Crippen molar-refractivity contribution in [3.8, 4) is 17.1 Å². The molecule has 5 heteroatoms. The number of rotatable bonds is 3. The van der Waals surface area contributed by atoms with Gasteiger partial charge in [-0.15, -0.1) is 0 Å². The van der Waals surface area contributed by atoms with Gasteiger partial charge in [-0.25, -0.2) is 4.98 Å². The fraction of sp³-hybridized carbons (Fsp3) is 0.286. The van der Waals surface area contributed by atoms with E-state index in [0.29, 0.717) is 0 Å². The number of aromatic nitrogens is 4. The third-order valence-corrected chi connectivity index (χ3v) is 3.18. The van der Waals surface area contributed by atoms with Crippen molar-refractivity contribution >= 4 is 11.0 Å². The van der Waals surface area contributed by atoms with Gasteiger partial charge in [0.05, 0.1) is 29.4 Å². The zero-order valence-corrected chi connectivity index (χ0v) is 11.3. The maximum absolute atomic E-state index is 5.22. The van der Waals surface area contributed by atoms with Gasteiger partial charge in [-0.1, -0.05) is 6.92 Å². The summed E-state index contributed by atoms with van der Waals surface area (Å²) in [5.41, 5.74) is 4.01. The molecule has 2 heterocycles. The highest BCUT2D eigenvalue weighted by atomic mass is 16.5. The average molecular weight is 256 g/mol. The molecule has 0 amide bonds. The third-order valence-electron chi connectivity index (χ3n) is 3.18. The van der Waals surface area contributed by atoms with E-state index < -0.39 is 0 Å². The smallest absolute Gasteiger partial charge is 0.141 e. The number of aryl methyl sites for hydroxylation is 2. The van der Waals surface area contributed by atoms with Crippen LogP contribution in [0.25, 0.3) is 22.4 Å². The van der Waals surface area contributed by atoms with Crippen molar-refractivity contribution in [3.05, 3.63) is 30.1 Å². The largest absolute Gasteiger partial charge is 0.497 e. The summed E-state index contributed by atoms with van der Waals surface area (Å²) in [7, 11) is 3.59. The maximum Gasteiger partial charge on any atom is 0.141 e.